The van der Waals surface area contributed by atoms with Crippen LogP contribution in [0, 0.1) is 0 Å². The predicted octanol–water partition coefficient (Wildman–Crippen LogP) is 3.43. The predicted molar refractivity (Wildman–Crippen MR) is 150 cm³/mol. The van der Waals surface area contributed by atoms with Crippen molar-refractivity contribution in [2.24, 2.45) is 12.0 Å². The van der Waals surface area contributed by atoms with Gasteiger partial charge in [-0.25, -0.2) is 0 Å². The number of nitrogens with one attached hydrogen (secondary N) is 1. The third-order valence-corrected chi connectivity index (χ3v) is 6.24. The third kappa shape index (κ3) is 4.98. The van der Waals surface area contributed by atoms with Crippen molar-refractivity contribution < 1.29 is 14.3 Å². The molecule has 0 atom stereocenters. The summed E-state index contributed by atoms with van der Waals surface area (Å²) < 4.78 is 14.3. The summed E-state index contributed by atoms with van der Waals surface area (Å²) in [5.41, 5.74) is 4.18. The molecule has 0 aliphatic carbocycles. The van der Waals surface area contributed by atoms with E-state index in [1.807, 2.05) is 66.4 Å². The lowest BCUT2D eigenvalue weighted by Gasteiger charge is -2.19. The number of fused-ring (bicyclic) bond motifs is 2. The molecule has 0 saturated carbocycles. The van der Waals surface area contributed by atoms with Crippen molar-refractivity contribution in [2.75, 3.05) is 7.11 Å². The maximum Gasteiger partial charge on any atom is 0.326 e. The van der Waals surface area contributed by atoms with Gasteiger partial charge in [-0.1, -0.05) is 18.2 Å². The summed E-state index contributed by atoms with van der Waals surface area (Å²) in [5, 5.41) is 1.31. The van der Waals surface area contributed by atoms with Crippen LogP contribution in [0.4, 0.5) is 5.69 Å². The average Bonchev–Trinajstić information content (AvgIpc) is 3.51. The number of allylic oxidation sites excluding steroid dienone is 2. The van der Waals surface area contributed by atoms with E-state index in [2.05, 4.69) is 9.98 Å². The zero-order valence-electron chi connectivity index (χ0n) is 22.1. The van der Waals surface area contributed by atoms with Crippen LogP contribution in [0.3, 0.4) is 0 Å². The van der Waals surface area contributed by atoms with Crippen LogP contribution in [0.1, 0.15) is 31.9 Å². The minimum absolute atomic E-state index is 0.219. The van der Waals surface area contributed by atoms with Crippen molar-refractivity contribution in [1.82, 2.24) is 14.1 Å². The molecule has 38 heavy (non-hydrogen) atoms. The molecule has 0 saturated heterocycles. The highest BCUT2D eigenvalue weighted by molar-refractivity contribution is 6.17. The van der Waals surface area contributed by atoms with Crippen LogP contribution in [0.25, 0.3) is 28.6 Å². The Kier molecular flexibility index (Phi) is 6.40. The number of aromatic amines is 1. The first kappa shape index (κ1) is 25.1. The van der Waals surface area contributed by atoms with E-state index in [0.29, 0.717) is 10.8 Å². The van der Waals surface area contributed by atoms with E-state index in [9.17, 15) is 9.59 Å². The van der Waals surface area contributed by atoms with Gasteiger partial charge in [0.1, 0.15) is 28.7 Å². The summed E-state index contributed by atoms with van der Waals surface area (Å²) in [5.74, 6) is 0.237. The third-order valence-electron chi connectivity index (χ3n) is 6.24. The van der Waals surface area contributed by atoms with Crippen molar-refractivity contribution in [3.05, 3.63) is 87.0 Å². The maximum absolute atomic E-state index is 13.5. The van der Waals surface area contributed by atoms with E-state index in [4.69, 9.17) is 9.47 Å². The first-order valence-corrected chi connectivity index (χ1v) is 12.3. The number of aromatic nitrogens is 3. The van der Waals surface area contributed by atoms with Gasteiger partial charge in [-0.05, 0) is 63.3 Å². The Morgan fingerprint density at radius 2 is 1.92 bits per heavy atom. The van der Waals surface area contributed by atoms with Gasteiger partial charge in [0.05, 0.1) is 12.8 Å². The van der Waals surface area contributed by atoms with Gasteiger partial charge >= 0.3 is 5.97 Å². The summed E-state index contributed by atoms with van der Waals surface area (Å²) in [4.78, 5) is 33.9. The second kappa shape index (κ2) is 9.70. The zero-order chi connectivity index (χ0) is 27.0. The maximum atomic E-state index is 13.5. The number of rotatable bonds is 5. The number of hydrogen-bond acceptors (Lipinski definition) is 5. The molecule has 0 amide bonds. The lowest BCUT2D eigenvalue weighted by molar-refractivity contribution is -0.155. The van der Waals surface area contributed by atoms with Gasteiger partial charge < -0.3 is 19.0 Å². The fourth-order valence-corrected chi connectivity index (χ4v) is 4.54. The summed E-state index contributed by atoms with van der Waals surface area (Å²) in [7, 11) is 3.58. The topological polar surface area (TPSA) is 90.6 Å². The quantitative estimate of drug-likeness (QED) is 0.417. The molecule has 0 spiro atoms. The normalized spacial score (nSPS) is 15.0. The number of para-hydroxylation sites is 1. The standard InChI is InChI=1S/C30H30N4O4/c1-30(2,3)38-28(35)18-34-27(13-10-19-16-31-24-9-7-6-8-22(19)24)32-25(29(34)36)14-20-17-33(4)26-12-11-21(37-5)15-23(20)26/h6-17,32H,18H2,1-5H3/b19-10+,25-14-,27-13+. The minimum Gasteiger partial charge on any atom is -0.497 e. The van der Waals surface area contributed by atoms with E-state index in [1.54, 1.807) is 46.2 Å². The first-order valence-electron chi connectivity index (χ1n) is 12.3. The summed E-state index contributed by atoms with van der Waals surface area (Å²) in [6.45, 7) is 5.18. The molecular formula is C30H30N4O4. The van der Waals surface area contributed by atoms with E-state index < -0.39 is 11.6 Å². The van der Waals surface area contributed by atoms with E-state index in [0.717, 1.165) is 39.0 Å². The number of esters is 1. The minimum atomic E-state index is -0.663. The van der Waals surface area contributed by atoms with Gasteiger partial charge in [-0.15, -0.1) is 0 Å². The highest BCUT2D eigenvalue weighted by atomic mass is 16.6. The van der Waals surface area contributed by atoms with E-state index in [-0.39, 0.29) is 12.1 Å². The molecule has 8 heteroatoms. The van der Waals surface area contributed by atoms with Crippen LogP contribution < -0.4 is 21.1 Å². The largest absolute Gasteiger partial charge is 0.497 e. The molecule has 5 rings (SSSR count). The van der Waals surface area contributed by atoms with Gasteiger partial charge in [0.25, 0.3) is 5.56 Å². The first-order chi connectivity index (χ1) is 18.1. The number of imidazole rings is 1. The van der Waals surface area contributed by atoms with Gasteiger partial charge in [0.15, 0.2) is 0 Å². The van der Waals surface area contributed by atoms with Crippen LogP contribution in [-0.2, 0) is 23.1 Å². The van der Waals surface area contributed by atoms with Crippen LogP contribution in [-0.4, -0.2) is 39.0 Å². The number of H-pyrrole nitrogens is 1. The van der Waals surface area contributed by atoms with Crippen molar-refractivity contribution in [2.45, 2.75) is 32.9 Å². The molecule has 2 aromatic carbocycles. The van der Waals surface area contributed by atoms with Gasteiger partial charge in [0, 0.05) is 47.1 Å². The Morgan fingerprint density at radius 3 is 2.68 bits per heavy atom. The van der Waals surface area contributed by atoms with Crippen LogP contribution in [0.15, 0.2) is 64.5 Å². The number of ether oxygens (including phenoxy) is 2. The monoisotopic (exact) mass is 510 g/mol. The zero-order valence-corrected chi connectivity index (χ0v) is 22.1. The van der Waals surface area contributed by atoms with E-state index in [1.165, 1.54) is 4.57 Å². The number of benzene rings is 2. The highest BCUT2D eigenvalue weighted by Gasteiger charge is 2.18. The molecule has 1 N–H and O–H groups in total. The SMILES string of the molecule is COc1ccc2c(c1)c(/C=c1\[nH]/c(=C\C=C3/C=Nc4ccccc43)n(CC(=O)OC(C)(C)C)c1=O)cn2C. The number of carbonyl (C=O) groups excluding carboxylic acids is 1. The molecule has 8 nitrogen and oxygen atoms in total. The number of methoxy groups -OCH3 is 1. The Labute approximate surface area is 219 Å². The number of carbonyl (C=O) groups is 1. The molecule has 2 aromatic heterocycles. The van der Waals surface area contributed by atoms with Crippen molar-refractivity contribution in [3.63, 3.8) is 0 Å². The molecule has 0 radical (unpaired) electrons. The van der Waals surface area contributed by atoms with Crippen molar-refractivity contribution in [3.8, 4) is 5.75 Å². The second-order valence-electron chi connectivity index (χ2n) is 10.2. The Balaban J connectivity index is 1.65. The molecule has 4 aromatic rings. The van der Waals surface area contributed by atoms with Gasteiger partial charge in [-0.2, -0.15) is 0 Å². The number of aryl methyl sites for hydroxylation is 1. The van der Waals surface area contributed by atoms with Crippen LogP contribution >= 0.6 is 0 Å². The molecule has 0 bridgehead atoms. The smallest absolute Gasteiger partial charge is 0.326 e. The van der Waals surface area contributed by atoms with Crippen molar-refractivity contribution in [1.29, 1.82) is 0 Å². The highest BCUT2D eigenvalue weighted by Crippen LogP contribution is 2.30. The van der Waals surface area contributed by atoms with Crippen LogP contribution in [0.5, 0.6) is 5.75 Å². The molecule has 0 unspecified atom stereocenters. The number of hydrogen-bond donors (Lipinski definition) is 1. The summed E-state index contributed by atoms with van der Waals surface area (Å²) >= 11 is 0. The van der Waals surface area contributed by atoms with Crippen molar-refractivity contribution >= 4 is 46.5 Å². The lowest BCUT2D eigenvalue weighted by atomic mass is 10.1. The number of nitrogens with zero attached hydrogens (tertiary/aromatic N) is 3. The molecule has 3 heterocycles. The Hall–Kier alpha value is -4.59. The van der Waals surface area contributed by atoms with E-state index >= 15 is 0 Å². The van der Waals surface area contributed by atoms with Gasteiger partial charge in [-0.3, -0.25) is 19.1 Å². The molecule has 194 valence electrons. The molecular weight excluding hydrogens is 480 g/mol. The Morgan fingerprint density at radius 1 is 1.13 bits per heavy atom. The lowest BCUT2D eigenvalue weighted by Crippen LogP contribution is -2.36. The summed E-state index contributed by atoms with van der Waals surface area (Å²) in [6.07, 6.45) is 9.22. The molecule has 1 aliphatic rings. The van der Waals surface area contributed by atoms with Gasteiger partial charge in [0.2, 0.25) is 0 Å². The molecule has 1 aliphatic heterocycles. The second-order valence-corrected chi connectivity index (χ2v) is 10.2. The fraction of sp³-hybridized carbons (Fsp3) is 0.233. The molecule has 0 fully saturated rings. The fourth-order valence-electron chi connectivity index (χ4n) is 4.54. The number of aliphatic imine (C=N–C) groups is 1. The average molecular weight is 511 g/mol. The summed E-state index contributed by atoms with van der Waals surface area (Å²) in [6, 6.07) is 13.7. The Bertz CT molecular complexity index is 1790. The van der Waals surface area contributed by atoms with Crippen LogP contribution in [0.2, 0.25) is 0 Å².